The maximum Gasteiger partial charge on any atom is 0.0110 e. The van der Waals surface area contributed by atoms with Crippen LogP contribution < -0.4 is 5.32 Å². The molecule has 1 nitrogen and oxygen atoms in total. The van der Waals surface area contributed by atoms with E-state index >= 15 is 0 Å². The fourth-order valence-corrected chi connectivity index (χ4v) is 3.41. The number of nitrogens with one attached hydrogen (secondary N) is 1. The molecule has 0 saturated heterocycles. The monoisotopic (exact) mass is 191 g/mol. The minimum atomic E-state index is 0.714. The Kier molecular flexibility index (Phi) is 3.13. The molecule has 0 aromatic carbocycles. The van der Waals surface area contributed by atoms with Crippen molar-refractivity contribution >= 4 is 0 Å². The molecule has 2 rings (SSSR count). The second-order valence-electron chi connectivity index (χ2n) is 4.74. The smallest absolute Gasteiger partial charge is 0.0110 e. The van der Waals surface area contributed by atoms with Crippen LogP contribution in [0.4, 0.5) is 0 Å². The van der Waals surface area contributed by atoms with E-state index in [1.807, 2.05) is 0 Å². The minimum Gasteiger partial charge on any atom is -0.314 e. The Balaban J connectivity index is 1.82. The van der Waals surface area contributed by atoms with Crippen LogP contribution in [-0.2, 0) is 0 Å². The highest BCUT2D eigenvalue weighted by atomic mass is 14.9. The molecule has 2 aliphatic rings. The largest absolute Gasteiger partial charge is 0.314 e. The molecule has 1 heteroatoms. The van der Waals surface area contributed by atoms with Crippen LogP contribution in [0.2, 0.25) is 0 Å². The van der Waals surface area contributed by atoms with Gasteiger partial charge in [0.2, 0.25) is 0 Å². The molecule has 0 heterocycles. The third-order valence-corrected chi connectivity index (χ3v) is 4.00. The van der Waals surface area contributed by atoms with Crippen molar-refractivity contribution in [2.75, 3.05) is 6.54 Å². The summed E-state index contributed by atoms with van der Waals surface area (Å²) >= 11 is 0. The molecule has 0 radical (unpaired) electrons. The van der Waals surface area contributed by atoms with Gasteiger partial charge >= 0.3 is 0 Å². The molecule has 0 amide bonds. The van der Waals surface area contributed by atoms with E-state index in [4.69, 9.17) is 6.42 Å². The quantitative estimate of drug-likeness (QED) is 0.658. The summed E-state index contributed by atoms with van der Waals surface area (Å²) in [7, 11) is 0. The normalized spacial score (nSPS) is 36.1. The van der Waals surface area contributed by atoms with Gasteiger partial charge in [-0.1, -0.05) is 13.3 Å². The molecular formula is C13H21N. The summed E-state index contributed by atoms with van der Waals surface area (Å²) in [5.41, 5.74) is 0. The third kappa shape index (κ3) is 1.81. The Labute approximate surface area is 87.7 Å². The van der Waals surface area contributed by atoms with E-state index in [1.165, 1.54) is 25.7 Å². The molecule has 2 saturated carbocycles. The summed E-state index contributed by atoms with van der Waals surface area (Å²) in [6.07, 6.45) is 11.9. The van der Waals surface area contributed by atoms with E-state index in [1.54, 1.807) is 0 Å². The first-order valence-electron chi connectivity index (χ1n) is 6.05. The van der Waals surface area contributed by atoms with Gasteiger partial charge in [-0.25, -0.2) is 0 Å². The molecule has 0 aromatic rings. The van der Waals surface area contributed by atoms with Crippen molar-refractivity contribution < 1.29 is 0 Å². The van der Waals surface area contributed by atoms with E-state index in [9.17, 15) is 0 Å². The Bertz CT molecular complexity index is 218. The molecule has 14 heavy (non-hydrogen) atoms. The topological polar surface area (TPSA) is 12.0 Å². The zero-order valence-electron chi connectivity index (χ0n) is 9.13. The second kappa shape index (κ2) is 4.36. The Morgan fingerprint density at radius 1 is 1.43 bits per heavy atom. The first kappa shape index (κ1) is 10.1. The van der Waals surface area contributed by atoms with Crippen molar-refractivity contribution in [3.63, 3.8) is 0 Å². The summed E-state index contributed by atoms with van der Waals surface area (Å²) in [5, 5.41) is 3.61. The number of rotatable bonds is 5. The second-order valence-corrected chi connectivity index (χ2v) is 4.74. The summed E-state index contributed by atoms with van der Waals surface area (Å²) < 4.78 is 0. The molecule has 3 unspecified atom stereocenters. The van der Waals surface area contributed by atoms with Gasteiger partial charge in [-0.2, -0.15) is 0 Å². The minimum absolute atomic E-state index is 0.714. The fraction of sp³-hybridized carbons (Fsp3) is 0.846. The predicted molar refractivity (Wildman–Crippen MR) is 59.9 cm³/mol. The van der Waals surface area contributed by atoms with Crippen LogP contribution in [0.1, 0.15) is 39.0 Å². The summed E-state index contributed by atoms with van der Waals surface area (Å²) in [4.78, 5) is 0. The first-order chi connectivity index (χ1) is 6.88. The van der Waals surface area contributed by atoms with Crippen molar-refractivity contribution in [2.24, 2.45) is 17.8 Å². The van der Waals surface area contributed by atoms with Crippen molar-refractivity contribution in [3.05, 3.63) is 0 Å². The highest BCUT2D eigenvalue weighted by Gasteiger charge is 2.55. The highest BCUT2D eigenvalue weighted by Crippen LogP contribution is 2.59. The van der Waals surface area contributed by atoms with Crippen LogP contribution in [-0.4, -0.2) is 12.6 Å². The lowest BCUT2D eigenvalue weighted by Crippen LogP contribution is -2.32. The van der Waals surface area contributed by atoms with Crippen LogP contribution in [0.3, 0.4) is 0 Å². The van der Waals surface area contributed by atoms with Gasteiger partial charge in [0.15, 0.2) is 0 Å². The van der Waals surface area contributed by atoms with E-state index in [0.29, 0.717) is 6.04 Å². The van der Waals surface area contributed by atoms with E-state index in [2.05, 4.69) is 18.2 Å². The van der Waals surface area contributed by atoms with Crippen LogP contribution in [0.15, 0.2) is 0 Å². The van der Waals surface area contributed by atoms with Crippen LogP contribution in [0.25, 0.3) is 0 Å². The number of hydrogen-bond donors (Lipinski definition) is 1. The standard InChI is InChI=1S/C13H21N/c1-3-5-9-12(14-4-2)13-10-7-6-8-11(10)13/h1,10-14H,4-9H2,2H3. The van der Waals surface area contributed by atoms with Crippen molar-refractivity contribution in [3.8, 4) is 12.3 Å². The van der Waals surface area contributed by atoms with Crippen molar-refractivity contribution in [1.29, 1.82) is 0 Å². The third-order valence-electron chi connectivity index (χ3n) is 4.00. The Morgan fingerprint density at radius 2 is 2.14 bits per heavy atom. The first-order valence-corrected chi connectivity index (χ1v) is 6.05. The fourth-order valence-electron chi connectivity index (χ4n) is 3.41. The number of hydrogen-bond acceptors (Lipinski definition) is 1. The van der Waals surface area contributed by atoms with Gasteiger partial charge in [-0.3, -0.25) is 0 Å². The van der Waals surface area contributed by atoms with E-state index < -0.39 is 0 Å². The summed E-state index contributed by atoms with van der Waals surface area (Å²) in [6.45, 7) is 3.28. The number of fused-ring (bicyclic) bond motifs is 1. The molecule has 0 aromatic heterocycles. The van der Waals surface area contributed by atoms with Gasteiger partial charge in [0.25, 0.3) is 0 Å². The lowest BCUT2D eigenvalue weighted by atomic mass is 10.00. The van der Waals surface area contributed by atoms with Crippen molar-refractivity contribution in [2.45, 2.75) is 45.1 Å². The Morgan fingerprint density at radius 3 is 2.71 bits per heavy atom. The van der Waals surface area contributed by atoms with Gasteiger partial charge in [-0.15, -0.1) is 12.3 Å². The lowest BCUT2D eigenvalue weighted by molar-refractivity contribution is 0.396. The van der Waals surface area contributed by atoms with Gasteiger partial charge in [0, 0.05) is 12.5 Å². The van der Waals surface area contributed by atoms with Crippen LogP contribution in [0.5, 0.6) is 0 Å². The maximum absolute atomic E-state index is 5.33. The maximum atomic E-state index is 5.33. The summed E-state index contributed by atoms with van der Waals surface area (Å²) in [6, 6.07) is 0.714. The van der Waals surface area contributed by atoms with Gasteiger partial charge in [0.1, 0.15) is 0 Å². The average molecular weight is 191 g/mol. The lowest BCUT2D eigenvalue weighted by Gasteiger charge is -2.18. The van der Waals surface area contributed by atoms with Gasteiger partial charge < -0.3 is 5.32 Å². The molecule has 3 atom stereocenters. The van der Waals surface area contributed by atoms with Crippen molar-refractivity contribution in [1.82, 2.24) is 5.32 Å². The zero-order chi connectivity index (χ0) is 9.97. The number of terminal acetylenes is 1. The molecule has 1 N–H and O–H groups in total. The Hall–Kier alpha value is -0.480. The van der Waals surface area contributed by atoms with E-state index in [-0.39, 0.29) is 0 Å². The van der Waals surface area contributed by atoms with Gasteiger partial charge in [0.05, 0.1) is 0 Å². The van der Waals surface area contributed by atoms with Crippen LogP contribution in [0, 0.1) is 30.1 Å². The highest BCUT2D eigenvalue weighted by molar-refractivity contribution is 5.06. The molecule has 0 spiro atoms. The van der Waals surface area contributed by atoms with E-state index in [0.717, 1.165) is 30.7 Å². The molecule has 2 fully saturated rings. The summed E-state index contributed by atoms with van der Waals surface area (Å²) in [5.74, 6) is 5.84. The predicted octanol–water partition coefficient (Wildman–Crippen LogP) is 2.42. The molecule has 78 valence electrons. The molecular weight excluding hydrogens is 170 g/mol. The zero-order valence-corrected chi connectivity index (χ0v) is 9.13. The average Bonchev–Trinajstić information content (AvgIpc) is 2.68. The SMILES string of the molecule is C#CCCC(NCC)C1C2CCCC21. The van der Waals surface area contributed by atoms with Gasteiger partial charge in [-0.05, 0) is 43.6 Å². The van der Waals surface area contributed by atoms with Crippen LogP contribution >= 0.6 is 0 Å². The molecule has 2 aliphatic carbocycles. The molecule has 0 aliphatic heterocycles. The molecule has 0 bridgehead atoms.